The van der Waals surface area contributed by atoms with Crippen LogP contribution in [0.2, 0.25) is 5.02 Å². The van der Waals surface area contributed by atoms with Gasteiger partial charge < -0.3 is 20.2 Å². The number of carboxylic acids is 1. The molecule has 2 saturated heterocycles. The van der Waals surface area contributed by atoms with Crippen molar-refractivity contribution in [2.24, 2.45) is 11.8 Å². The van der Waals surface area contributed by atoms with Gasteiger partial charge in [-0.1, -0.05) is 24.6 Å². The summed E-state index contributed by atoms with van der Waals surface area (Å²) >= 11 is 6.05. The van der Waals surface area contributed by atoms with Gasteiger partial charge in [0.1, 0.15) is 0 Å². The molecule has 136 valence electrons. The summed E-state index contributed by atoms with van der Waals surface area (Å²) in [6, 6.07) is 7.61. The SMILES string of the molecule is CC1CC(C(=O)O)CN(C(=O)NC2CCN(c3cccc(Cl)c3)C2)C1. The van der Waals surface area contributed by atoms with Crippen LogP contribution in [-0.4, -0.2) is 54.2 Å². The number of nitrogens with one attached hydrogen (secondary N) is 1. The highest BCUT2D eigenvalue weighted by Crippen LogP contribution is 2.25. The monoisotopic (exact) mass is 365 g/mol. The molecule has 0 spiro atoms. The Labute approximate surface area is 152 Å². The van der Waals surface area contributed by atoms with Gasteiger partial charge in [-0.25, -0.2) is 4.79 Å². The molecule has 7 heteroatoms. The summed E-state index contributed by atoms with van der Waals surface area (Å²) in [6.45, 7) is 4.49. The number of halogens is 1. The van der Waals surface area contributed by atoms with E-state index in [2.05, 4.69) is 10.2 Å². The zero-order valence-corrected chi connectivity index (χ0v) is 15.1. The topological polar surface area (TPSA) is 72.9 Å². The summed E-state index contributed by atoms with van der Waals surface area (Å²) in [5.41, 5.74) is 1.06. The number of amides is 2. The maximum atomic E-state index is 12.5. The lowest BCUT2D eigenvalue weighted by atomic mass is 9.91. The average Bonchev–Trinajstić information content (AvgIpc) is 3.02. The van der Waals surface area contributed by atoms with Gasteiger partial charge >= 0.3 is 12.0 Å². The summed E-state index contributed by atoms with van der Waals surface area (Å²) in [5.74, 6) is -1.09. The zero-order valence-electron chi connectivity index (χ0n) is 14.3. The first-order chi connectivity index (χ1) is 11.9. The summed E-state index contributed by atoms with van der Waals surface area (Å²) < 4.78 is 0. The van der Waals surface area contributed by atoms with Crippen molar-refractivity contribution in [2.45, 2.75) is 25.8 Å². The smallest absolute Gasteiger partial charge is 0.317 e. The molecule has 3 unspecified atom stereocenters. The van der Waals surface area contributed by atoms with Crippen LogP contribution in [0.3, 0.4) is 0 Å². The fraction of sp³-hybridized carbons (Fsp3) is 0.556. The van der Waals surface area contributed by atoms with Gasteiger partial charge in [-0.3, -0.25) is 4.79 Å². The number of aliphatic carboxylic acids is 1. The van der Waals surface area contributed by atoms with E-state index in [0.29, 0.717) is 18.0 Å². The molecule has 2 fully saturated rings. The number of anilines is 1. The normalized spacial score (nSPS) is 26.6. The molecule has 3 rings (SSSR count). The number of piperidine rings is 1. The molecule has 6 nitrogen and oxygen atoms in total. The molecule has 2 aliphatic rings. The fourth-order valence-electron chi connectivity index (χ4n) is 3.75. The first-order valence-corrected chi connectivity index (χ1v) is 9.09. The quantitative estimate of drug-likeness (QED) is 0.863. The Balaban J connectivity index is 1.56. The number of carboxylic acid groups (broad SMARTS) is 1. The molecule has 1 aromatic carbocycles. The molecule has 2 amide bonds. The van der Waals surface area contributed by atoms with Crippen LogP contribution in [0, 0.1) is 11.8 Å². The number of nitrogens with zero attached hydrogens (tertiary/aromatic N) is 2. The lowest BCUT2D eigenvalue weighted by Crippen LogP contribution is -2.52. The van der Waals surface area contributed by atoms with Crippen LogP contribution in [0.1, 0.15) is 19.8 Å². The minimum Gasteiger partial charge on any atom is -0.481 e. The van der Waals surface area contributed by atoms with Gasteiger partial charge in [0.2, 0.25) is 0 Å². The molecule has 2 N–H and O–H groups in total. The van der Waals surface area contributed by atoms with E-state index >= 15 is 0 Å². The minimum atomic E-state index is -0.822. The minimum absolute atomic E-state index is 0.0620. The highest BCUT2D eigenvalue weighted by molar-refractivity contribution is 6.30. The van der Waals surface area contributed by atoms with E-state index in [-0.39, 0.29) is 24.5 Å². The third kappa shape index (κ3) is 4.37. The summed E-state index contributed by atoms with van der Waals surface area (Å²) in [5, 5.41) is 13.0. The van der Waals surface area contributed by atoms with E-state index < -0.39 is 11.9 Å². The van der Waals surface area contributed by atoms with Crippen molar-refractivity contribution in [2.75, 3.05) is 31.1 Å². The van der Waals surface area contributed by atoms with Crippen molar-refractivity contribution in [1.82, 2.24) is 10.2 Å². The van der Waals surface area contributed by atoms with E-state index in [4.69, 9.17) is 11.6 Å². The van der Waals surface area contributed by atoms with Crippen LogP contribution in [-0.2, 0) is 4.79 Å². The van der Waals surface area contributed by atoms with Gasteiger partial charge in [0.15, 0.2) is 0 Å². The van der Waals surface area contributed by atoms with Crippen LogP contribution in [0.4, 0.5) is 10.5 Å². The van der Waals surface area contributed by atoms with Crippen LogP contribution < -0.4 is 10.2 Å². The Morgan fingerprint density at radius 2 is 2.08 bits per heavy atom. The number of hydrogen-bond acceptors (Lipinski definition) is 3. The summed E-state index contributed by atoms with van der Waals surface area (Å²) in [4.78, 5) is 27.7. The Bertz CT molecular complexity index is 654. The number of benzene rings is 1. The van der Waals surface area contributed by atoms with E-state index in [1.165, 1.54) is 0 Å². The van der Waals surface area contributed by atoms with Gasteiger partial charge in [0, 0.05) is 42.9 Å². The largest absolute Gasteiger partial charge is 0.481 e. The third-order valence-corrected chi connectivity index (χ3v) is 5.22. The first kappa shape index (κ1) is 17.9. The Hall–Kier alpha value is -1.95. The van der Waals surface area contributed by atoms with Crippen molar-refractivity contribution in [3.8, 4) is 0 Å². The molecule has 0 aromatic heterocycles. The highest BCUT2D eigenvalue weighted by Gasteiger charge is 2.33. The second-order valence-electron chi connectivity index (χ2n) is 7.14. The third-order valence-electron chi connectivity index (χ3n) is 4.99. The fourth-order valence-corrected chi connectivity index (χ4v) is 3.93. The zero-order chi connectivity index (χ0) is 18.0. The van der Waals surface area contributed by atoms with E-state index in [1.54, 1.807) is 4.90 Å². The number of hydrogen-bond donors (Lipinski definition) is 2. The van der Waals surface area contributed by atoms with Crippen molar-refractivity contribution in [3.63, 3.8) is 0 Å². The van der Waals surface area contributed by atoms with Crippen LogP contribution in [0.15, 0.2) is 24.3 Å². The number of likely N-dealkylation sites (tertiary alicyclic amines) is 1. The van der Waals surface area contributed by atoms with Crippen molar-refractivity contribution >= 4 is 29.3 Å². The number of carbonyl (C=O) groups is 2. The molecule has 0 aliphatic carbocycles. The van der Waals surface area contributed by atoms with Crippen LogP contribution >= 0.6 is 11.6 Å². The maximum Gasteiger partial charge on any atom is 0.317 e. The predicted octanol–water partition coefficient (Wildman–Crippen LogP) is 2.67. The standard InChI is InChI=1S/C18H24ClN3O3/c1-12-7-13(17(23)24)10-22(9-12)18(25)20-15-5-6-21(11-15)16-4-2-3-14(19)8-16/h2-4,8,12-13,15H,5-7,9-11H2,1H3,(H,20,25)(H,23,24). The second-order valence-corrected chi connectivity index (χ2v) is 7.58. The van der Waals surface area contributed by atoms with Crippen molar-refractivity contribution < 1.29 is 14.7 Å². The first-order valence-electron chi connectivity index (χ1n) is 8.71. The molecule has 25 heavy (non-hydrogen) atoms. The Morgan fingerprint density at radius 3 is 2.80 bits per heavy atom. The summed E-state index contributed by atoms with van der Waals surface area (Å²) in [7, 11) is 0. The molecule has 1 aromatic rings. The molecule has 0 bridgehead atoms. The van der Waals surface area contributed by atoms with Gasteiger partial charge in [-0.2, -0.15) is 0 Å². The van der Waals surface area contributed by atoms with E-state index in [9.17, 15) is 14.7 Å². The molecule has 3 atom stereocenters. The average molecular weight is 366 g/mol. The molecule has 2 aliphatic heterocycles. The van der Waals surface area contributed by atoms with Gasteiger partial charge in [0.25, 0.3) is 0 Å². The number of urea groups is 1. The maximum absolute atomic E-state index is 12.5. The molecular weight excluding hydrogens is 342 g/mol. The molecule has 0 saturated carbocycles. The molecular formula is C18H24ClN3O3. The summed E-state index contributed by atoms with van der Waals surface area (Å²) in [6.07, 6.45) is 1.50. The molecule has 0 radical (unpaired) electrons. The number of rotatable bonds is 3. The van der Waals surface area contributed by atoms with Crippen LogP contribution in [0.5, 0.6) is 0 Å². The Kier molecular flexibility index (Phi) is 5.37. The predicted molar refractivity (Wildman–Crippen MR) is 97.1 cm³/mol. The molecule has 2 heterocycles. The van der Waals surface area contributed by atoms with Gasteiger partial charge in [-0.15, -0.1) is 0 Å². The lowest BCUT2D eigenvalue weighted by Gasteiger charge is -2.35. The van der Waals surface area contributed by atoms with E-state index in [0.717, 1.165) is 25.2 Å². The van der Waals surface area contributed by atoms with Gasteiger partial charge in [0.05, 0.1) is 5.92 Å². The highest BCUT2D eigenvalue weighted by atomic mass is 35.5. The van der Waals surface area contributed by atoms with Crippen molar-refractivity contribution in [3.05, 3.63) is 29.3 Å². The Morgan fingerprint density at radius 1 is 1.28 bits per heavy atom. The van der Waals surface area contributed by atoms with Crippen LogP contribution in [0.25, 0.3) is 0 Å². The van der Waals surface area contributed by atoms with E-state index in [1.807, 2.05) is 31.2 Å². The van der Waals surface area contributed by atoms with Gasteiger partial charge in [-0.05, 0) is 37.0 Å². The second kappa shape index (κ2) is 7.52. The van der Waals surface area contributed by atoms with Crippen molar-refractivity contribution in [1.29, 1.82) is 0 Å². The number of carbonyl (C=O) groups excluding carboxylic acids is 1. The lowest BCUT2D eigenvalue weighted by molar-refractivity contribution is -0.143.